The predicted molar refractivity (Wildman–Crippen MR) is 127 cm³/mol. The van der Waals surface area contributed by atoms with Gasteiger partial charge in [-0.05, 0) is 61.8 Å². The van der Waals surface area contributed by atoms with E-state index < -0.39 is 5.69 Å². The molecule has 0 bridgehead atoms. The minimum absolute atomic E-state index is 0.244. The minimum Gasteiger partial charge on any atom is -0.327 e. The molecule has 4 atom stereocenters. The van der Waals surface area contributed by atoms with E-state index in [1.165, 1.54) is 10.1 Å². The van der Waals surface area contributed by atoms with Crippen molar-refractivity contribution >= 4 is 11.8 Å². The fraction of sp³-hybridized carbons (Fsp3) is 0.542. The average molecular weight is 452 g/mol. The average Bonchev–Trinajstić information content (AvgIpc) is 3.22. The van der Waals surface area contributed by atoms with Crippen LogP contribution in [0.15, 0.2) is 41.3 Å². The van der Waals surface area contributed by atoms with Crippen LogP contribution in [0.4, 0.5) is 10.6 Å². The van der Waals surface area contributed by atoms with Gasteiger partial charge in [-0.15, -0.1) is 0 Å². The molecule has 3 heterocycles. The fourth-order valence-electron chi connectivity index (χ4n) is 5.17. The lowest BCUT2D eigenvalue weighted by Gasteiger charge is -2.23. The molecule has 9 nitrogen and oxygen atoms in total. The molecule has 1 aliphatic carbocycles. The lowest BCUT2D eigenvalue weighted by Crippen LogP contribution is -2.39. The van der Waals surface area contributed by atoms with Gasteiger partial charge in [0.15, 0.2) is 0 Å². The first kappa shape index (κ1) is 22.1. The first-order chi connectivity index (χ1) is 15.8. The van der Waals surface area contributed by atoms with Gasteiger partial charge in [0.25, 0.3) is 0 Å². The number of benzene rings is 1. The van der Waals surface area contributed by atoms with Gasteiger partial charge in [0.05, 0.1) is 5.69 Å². The summed E-state index contributed by atoms with van der Waals surface area (Å²) in [6.45, 7) is 6.31. The van der Waals surface area contributed by atoms with E-state index >= 15 is 0 Å². The van der Waals surface area contributed by atoms with E-state index in [-0.39, 0.29) is 17.4 Å². The molecule has 0 spiro atoms. The molecule has 9 heteroatoms. The lowest BCUT2D eigenvalue weighted by atomic mass is 9.95. The molecule has 5 N–H and O–H groups in total. The summed E-state index contributed by atoms with van der Waals surface area (Å²) in [5.41, 5.74) is 13.5. The monoisotopic (exact) mass is 451 g/mol. The molecule has 2 saturated heterocycles. The molecule has 33 heavy (non-hydrogen) atoms. The van der Waals surface area contributed by atoms with Crippen molar-refractivity contribution in [3.63, 3.8) is 0 Å². The number of carbonyl (C=O) groups is 1. The van der Waals surface area contributed by atoms with Gasteiger partial charge in [-0.1, -0.05) is 12.1 Å². The van der Waals surface area contributed by atoms with Gasteiger partial charge in [0, 0.05) is 50.5 Å². The van der Waals surface area contributed by atoms with Crippen molar-refractivity contribution < 1.29 is 4.79 Å². The summed E-state index contributed by atoms with van der Waals surface area (Å²) in [5.74, 6) is 1.60. The number of urea groups is 1. The molecule has 1 saturated carbocycles. The summed E-state index contributed by atoms with van der Waals surface area (Å²) in [7, 11) is 0. The van der Waals surface area contributed by atoms with Crippen LogP contribution in [0.25, 0.3) is 5.69 Å². The highest BCUT2D eigenvalue weighted by Crippen LogP contribution is 2.44. The maximum Gasteiger partial charge on any atom is 0.354 e. The van der Waals surface area contributed by atoms with E-state index in [9.17, 15) is 9.59 Å². The van der Waals surface area contributed by atoms with Crippen molar-refractivity contribution in [1.82, 2.24) is 19.4 Å². The number of nitrogens with zero attached hydrogens (tertiary/aromatic N) is 4. The van der Waals surface area contributed by atoms with Gasteiger partial charge in [0.2, 0.25) is 0 Å². The van der Waals surface area contributed by atoms with Gasteiger partial charge < -0.3 is 16.4 Å². The molecule has 3 aliphatic rings. The van der Waals surface area contributed by atoms with Crippen LogP contribution in [-0.2, 0) is 6.54 Å². The highest BCUT2D eigenvalue weighted by molar-refractivity contribution is 5.88. The van der Waals surface area contributed by atoms with E-state index in [1.807, 2.05) is 31.2 Å². The number of nitrogens with one attached hydrogen (secondary N) is 1. The Hall–Kier alpha value is -2.75. The van der Waals surface area contributed by atoms with E-state index in [1.54, 1.807) is 17.2 Å². The molecular formula is C24H33N7O2. The van der Waals surface area contributed by atoms with E-state index in [4.69, 9.17) is 11.5 Å². The lowest BCUT2D eigenvalue weighted by molar-refractivity contribution is 0.212. The van der Waals surface area contributed by atoms with Crippen molar-refractivity contribution in [3.8, 4) is 5.69 Å². The highest BCUT2D eigenvalue weighted by Gasteiger charge is 2.53. The van der Waals surface area contributed by atoms with Crippen molar-refractivity contribution in [2.24, 2.45) is 23.3 Å². The number of rotatable bonds is 4. The number of likely N-dealkylation sites (tertiary alicyclic amines) is 2. The third kappa shape index (κ3) is 4.80. The Bertz CT molecular complexity index is 1070. The normalized spacial score (nSPS) is 29.4. The summed E-state index contributed by atoms with van der Waals surface area (Å²) in [4.78, 5) is 33.5. The minimum atomic E-state index is -0.431. The maximum atomic E-state index is 12.6. The van der Waals surface area contributed by atoms with Crippen LogP contribution in [-0.4, -0.2) is 63.1 Å². The summed E-state index contributed by atoms with van der Waals surface area (Å²) in [6.07, 6.45) is 4.14. The number of hydrogen-bond acceptors (Lipinski definition) is 6. The third-order valence-corrected chi connectivity index (χ3v) is 7.41. The molecule has 1 unspecified atom stereocenters. The molecule has 2 aliphatic heterocycles. The van der Waals surface area contributed by atoms with Crippen LogP contribution in [0.1, 0.15) is 31.7 Å². The van der Waals surface area contributed by atoms with Crippen LogP contribution in [0.3, 0.4) is 0 Å². The van der Waals surface area contributed by atoms with Gasteiger partial charge in [-0.2, -0.15) is 4.98 Å². The van der Waals surface area contributed by atoms with E-state index in [0.717, 1.165) is 44.6 Å². The second kappa shape index (κ2) is 8.55. The Morgan fingerprint density at radius 3 is 2.58 bits per heavy atom. The standard InChI is InChI=1S/C24H33N7O2/c1-24(26)8-2-10-30(12-9-24)22(32)27-20-7-11-31(23(33)28-20)17-5-3-16(4-6-17)13-29-14-18-19(15-29)21(18)25/h3-7,11,18-19,21H,2,8-10,12-15,25-26H2,1H3,(H,27,28,32,33)/t18-,19+,21+,24?. The SMILES string of the molecule is CC1(N)CCCN(C(=O)Nc2ccn(-c3ccc(CN4C[C@@H]5[C@@H](N)[C@@H]5C4)cc3)c(=O)n2)CC1. The first-order valence-corrected chi connectivity index (χ1v) is 11.8. The van der Waals surface area contributed by atoms with Gasteiger partial charge in [0.1, 0.15) is 5.82 Å². The Morgan fingerprint density at radius 1 is 1.15 bits per heavy atom. The van der Waals surface area contributed by atoms with Crippen LogP contribution >= 0.6 is 0 Å². The Kier molecular flexibility index (Phi) is 5.72. The number of anilines is 1. The quantitative estimate of drug-likeness (QED) is 0.645. The van der Waals surface area contributed by atoms with Crippen LogP contribution in [0, 0.1) is 11.8 Å². The maximum absolute atomic E-state index is 12.6. The van der Waals surface area contributed by atoms with Crippen molar-refractivity contribution in [2.75, 3.05) is 31.5 Å². The van der Waals surface area contributed by atoms with Gasteiger partial charge in [-0.3, -0.25) is 14.8 Å². The summed E-state index contributed by atoms with van der Waals surface area (Å²) < 4.78 is 1.48. The zero-order valence-electron chi connectivity index (χ0n) is 19.1. The molecular weight excluding hydrogens is 418 g/mol. The topological polar surface area (TPSA) is 123 Å². The molecule has 1 aromatic heterocycles. The zero-order valence-corrected chi connectivity index (χ0v) is 19.1. The Labute approximate surface area is 193 Å². The number of hydrogen-bond donors (Lipinski definition) is 3. The number of amides is 2. The number of aromatic nitrogens is 2. The number of nitrogens with two attached hydrogens (primary N) is 2. The van der Waals surface area contributed by atoms with Crippen LogP contribution in [0.5, 0.6) is 0 Å². The largest absolute Gasteiger partial charge is 0.354 e. The second-order valence-electron chi connectivity index (χ2n) is 10.2. The summed E-state index contributed by atoms with van der Waals surface area (Å²) in [5, 5.41) is 2.75. The Morgan fingerprint density at radius 2 is 1.88 bits per heavy atom. The number of fused-ring (bicyclic) bond motifs is 1. The summed E-state index contributed by atoms with van der Waals surface area (Å²) >= 11 is 0. The zero-order chi connectivity index (χ0) is 23.2. The van der Waals surface area contributed by atoms with Gasteiger partial charge in [-0.25, -0.2) is 9.59 Å². The number of carbonyl (C=O) groups excluding carboxylic acids is 1. The van der Waals surface area contributed by atoms with E-state index in [0.29, 0.717) is 31.0 Å². The second-order valence-corrected chi connectivity index (χ2v) is 10.2. The first-order valence-electron chi connectivity index (χ1n) is 11.8. The third-order valence-electron chi connectivity index (χ3n) is 7.41. The predicted octanol–water partition coefficient (Wildman–Crippen LogP) is 1.36. The van der Waals surface area contributed by atoms with Crippen molar-refractivity contribution in [1.29, 1.82) is 0 Å². The van der Waals surface area contributed by atoms with Crippen LogP contribution < -0.4 is 22.5 Å². The molecule has 3 fully saturated rings. The Balaban J connectivity index is 1.20. The smallest absolute Gasteiger partial charge is 0.327 e. The number of piperidine rings is 1. The van der Waals surface area contributed by atoms with E-state index in [2.05, 4.69) is 15.2 Å². The summed E-state index contributed by atoms with van der Waals surface area (Å²) in [6, 6.07) is 9.76. The molecule has 0 radical (unpaired) electrons. The van der Waals surface area contributed by atoms with Gasteiger partial charge >= 0.3 is 11.7 Å². The van der Waals surface area contributed by atoms with Crippen molar-refractivity contribution in [2.45, 2.75) is 44.3 Å². The molecule has 2 aromatic rings. The van der Waals surface area contributed by atoms with Crippen molar-refractivity contribution in [3.05, 3.63) is 52.6 Å². The molecule has 1 aromatic carbocycles. The highest BCUT2D eigenvalue weighted by atomic mass is 16.2. The fourth-order valence-corrected chi connectivity index (χ4v) is 5.17. The van der Waals surface area contributed by atoms with Crippen LogP contribution in [0.2, 0.25) is 0 Å². The molecule has 176 valence electrons. The molecule has 2 amide bonds. The molecule has 5 rings (SSSR count).